The second kappa shape index (κ2) is 8.03. The van der Waals surface area contributed by atoms with E-state index in [-0.39, 0.29) is 43.8 Å². The van der Waals surface area contributed by atoms with Gasteiger partial charge in [0.2, 0.25) is 0 Å². The highest BCUT2D eigenvalue weighted by Gasteiger charge is 2.19. The summed E-state index contributed by atoms with van der Waals surface area (Å²) in [5.74, 6) is -1.21. The smallest absolute Gasteiger partial charge is 0.338 e. The molecule has 0 atom stereocenters. The second-order valence-corrected chi connectivity index (χ2v) is 6.06. The molecule has 1 aromatic carbocycles. The number of carbonyl (C=O) groups excluding carboxylic acids is 2. The number of benzene rings is 1. The van der Waals surface area contributed by atoms with Crippen molar-refractivity contribution in [2.45, 2.75) is 6.92 Å². The maximum absolute atomic E-state index is 12.3. The van der Waals surface area contributed by atoms with Crippen LogP contribution in [0.25, 0.3) is 0 Å². The summed E-state index contributed by atoms with van der Waals surface area (Å²) in [6, 6.07) is 5.58. The molecule has 126 valence electrons. The Labute approximate surface area is 157 Å². The summed E-state index contributed by atoms with van der Waals surface area (Å²) in [6.07, 6.45) is 0. The highest BCUT2D eigenvalue weighted by Crippen LogP contribution is 2.33. The van der Waals surface area contributed by atoms with E-state index in [0.717, 1.165) is 0 Å². The quantitative estimate of drug-likeness (QED) is 0.563. The molecule has 0 spiro atoms. The largest absolute Gasteiger partial charge is 0.462 e. The SMILES string of the molecule is CCOC(=O)c1cc(Cl)c(NC(=O)c2nc(Cl)ccc2Cl)c(Cl)c1. The molecule has 1 aromatic heterocycles. The number of rotatable bonds is 4. The number of carbonyl (C=O) groups is 2. The maximum atomic E-state index is 12.3. The van der Waals surface area contributed by atoms with Crippen LogP contribution in [-0.2, 0) is 4.74 Å². The predicted molar refractivity (Wildman–Crippen MR) is 94.6 cm³/mol. The molecule has 0 fully saturated rings. The molecule has 0 aliphatic heterocycles. The van der Waals surface area contributed by atoms with Crippen molar-refractivity contribution < 1.29 is 14.3 Å². The van der Waals surface area contributed by atoms with Crippen LogP contribution in [0.5, 0.6) is 0 Å². The molecule has 9 heteroatoms. The van der Waals surface area contributed by atoms with Crippen LogP contribution >= 0.6 is 46.4 Å². The number of esters is 1. The Morgan fingerprint density at radius 2 is 1.71 bits per heavy atom. The molecule has 0 aliphatic rings. The highest BCUT2D eigenvalue weighted by molar-refractivity contribution is 6.41. The molecule has 0 saturated heterocycles. The summed E-state index contributed by atoms with van der Waals surface area (Å²) in [7, 11) is 0. The second-order valence-electron chi connectivity index (χ2n) is 4.45. The van der Waals surface area contributed by atoms with Gasteiger partial charge >= 0.3 is 5.97 Å². The minimum Gasteiger partial charge on any atom is -0.462 e. The number of ether oxygens (including phenoxy) is 1. The van der Waals surface area contributed by atoms with Crippen LogP contribution in [-0.4, -0.2) is 23.5 Å². The molecule has 0 aliphatic carbocycles. The molecule has 0 radical (unpaired) electrons. The van der Waals surface area contributed by atoms with E-state index in [0.29, 0.717) is 0 Å². The number of nitrogens with zero attached hydrogens (tertiary/aromatic N) is 1. The normalized spacial score (nSPS) is 10.4. The molecule has 5 nitrogen and oxygen atoms in total. The molecule has 0 unspecified atom stereocenters. The fourth-order valence-electron chi connectivity index (χ4n) is 1.78. The zero-order chi connectivity index (χ0) is 17.9. The third-order valence-corrected chi connectivity index (χ3v) is 3.93. The van der Waals surface area contributed by atoms with E-state index in [9.17, 15) is 9.59 Å². The highest BCUT2D eigenvalue weighted by atomic mass is 35.5. The van der Waals surface area contributed by atoms with Gasteiger partial charge in [0.05, 0.1) is 32.9 Å². The predicted octanol–water partition coefficient (Wildman–Crippen LogP) is 5.12. The molecule has 24 heavy (non-hydrogen) atoms. The minimum atomic E-state index is -0.643. The average molecular weight is 408 g/mol. The van der Waals surface area contributed by atoms with Crippen LogP contribution < -0.4 is 5.32 Å². The Morgan fingerprint density at radius 1 is 1.08 bits per heavy atom. The molecule has 1 amide bonds. The van der Waals surface area contributed by atoms with Crippen molar-refractivity contribution in [3.63, 3.8) is 0 Å². The van der Waals surface area contributed by atoms with Gasteiger partial charge in [0.15, 0.2) is 0 Å². The number of anilines is 1. The summed E-state index contributed by atoms with van der Waals surface area (Å²) in [4.78, 5) is 27.9. The first-order chi connectivity index (χ1) is 11.3. The molecule has 2 rings (SSSR count). The Morgan fingerprint density at radius 3 is 2.29 bits per heavy atom. The number of hydrogen-bond donors (Lipinski definition) is 1. The van der Waals surface area contributed by atoms with Gasteiger partial charge in [-0.15, -0.1) is 0 Å². The van der Waals surface area contributed by atoms with Crippen LogP contribution in [0.3, 0.4) is 0 Å². The number of hydrogen-bond acceptors (Lipinski definition) is 4. The lowest BCUT2D eigenvalue weighted by molar-refractivity contribution is 0.0526. The van der Waals surface area contributed by atoms with Gasteiger partial charge in [-0.3, -0.25) is 4.79 Å². The van der Waals surface area contributed by atoms with Crippen LogP contribution in [0.1, 0.15) is 27.8 Å². The van der Waals surface area contributed by atoms with E-state index in [1.54, 1.807) is 6.92 Å². The number of pyridine rings is 1. The molecule has 0 bridgehead atoms. The lowest BCUT2D eigenvalue weighted by Crippen LogP contribution is -2.15. The summed E-state index contributed by atoms with van der Waals surface area (Å²) < 4.78 is 4.87. The third kappa shape index (κ3) is 4.30. The standard InChI is InChI=1S/C15H10Cl4N2O3/c1-2-24-15(23)7-5-9(17)12(10(18)6-7)21-14(22)13-8(16)3-4-11(19)20-13/h3-6H,2H2,1H3,(H,21,22). The molecule has 2 aromatic rings. The van der Waals surface area contributed by atoms with Gasteiger partial charge in [0.1, 0.15) is 10.8 Å². The average Bonchev–Trinajstić information content (AvgIpc) is 2.53. The number of amides is 1. The van der Waals surface area contributed by atoms with E-state index in [1.165, 1.54) is 24.3 Å². The molecule has 1 N–H and O–H groups in total. The van der Waals surface area contributed by atoms with Crippen molar-refractivity contribution in [3.05, 3.63) is 55.7 Å². The lowest BCUT2D eigenvalue weighted by Gasteiger charge is -2.11. The number of halogens is 4. The molecule has 1 heterocycles. The first-order valence-electron chi connectivity index (χ1n) is 6.63. The third-order valence-electron chi connectivity index (χ3n) is 2.82. The summed E-state index contributed by atoms with van der Waals surface area (Å²) >= 11 is 23.9. The van der Waals surface area contributed by atoms with Gasteiger partial charge in [-0.2, -0.15) is 0 Å². The van der Waals surface area contributed by atoms with Gasteiger partial charge in [-0.25, -0.2) is 9.78 Å². The van der Waals surface area contributed by atoms with E-state index >= 15 is 0 Å². The maximum Gasteiger partial charge on any atom is 0.338 e. The van der Waals surface area contributed by atoms with Gasteiger partial charge in [0, 0.05) is 0 Å². The van der Waals surface area contributed by atoms with E-state index in [1.807, 2.05) is 0 Å². The number of aromatic nitrogens is 1. The van der Waals surface area contributed by atoms with Crippen molar-refractivity contribution in [2.75, 3.05) is 11.9 Å². The van der Waals surface area contributed by atoms with E-state index < -0.39 is 11.9 Å². The van der Waals surface area contributed by atoms with Gasteiger partial charge in [-0.05, 0) is 31.2 Å². The van der Waals surface area contributed by atoms with Crippen molar-refractivity contribution >= 4 is 64.0 Å². The van der Waals surface area contributed by atoms with Crippen molar-refractivity contribution in [1.29, 1.82) is 0 Å². The number of nitrogens with one attached hydrogen (secondary N) is 1. The fraction of sp³-hybridized carbons (Fsp3) is 0.133. The first kappa shape index (κ1) is 18.8. The summed E-state index contributed by atoms with van der Waals surface area (Å²) in [5.41, 5.74) is 0.212. The Hall–Kier alpha value is -1.53. The van der Waals surface area contributed by atoms with Crippen molar-refractivity contribution in [2.24, 2.45) is 0 Å². The van der Waals surface area contributed by atoms with Crippen molar-refractivity contribution in [1.82, 2.24) is 4.98 Å². The van der Waals surface area contributed by atoms with Crippen LogP contribution in [0.2, 0.25) is 20.2 Å². The van der Waals surface area contributed by atoms with Gasteiger partial charge < -0.3 is 10.1 Å². The summed E-state index contributed by atoms with van der Waals surface area (Å²) in [6.45, 7) is 1.89. The monoisotopic (exact) mass is 406 g/mol. The van der Waals surface area contributed by atoms with Crippen molar-refractivity contribution in [3.8, 4) is 0 Å². The van der Waals surface area contributed by atoms with Crippen LogP contribution in [0.4, 0.5) is 5.69 Å². The van der Waals surface area contributed by atoms with Gasteiger partial charge in [0.25, 0.3) is 5.91 Å². The van der Waals surface area contributed by atoms with Crippen LogP contribution in [0, 0.1) is 0 Å². The molecular formula is C15H10Cl4N2O3. The summed E-state index contributed by atoms with van der Waals surface area (Å²) in [5, 5.41) is 2.86. The molecule has 0 saturated carbocycles. The first-order valence-corrected chi connectivity index (χ1v) is 8.14. The van der Waals surface area contributed by atoms with E-state index in [4.69, 9.17) is 51.1 Å². The zero-order valence-corrected chi connectivity index (χ0v) is 15.2. The minimum absolute atomic E-state index is 0.0667. The zero-order valence-electron chi connectivity index (χ0n) is 12.2. The Kier molecular flexibility index (Phi) is 6.29. The topological polar surface area (TPSA) is 68.3 Å². The Bertz CT molecular complexity index is 788. The molecular weight excluding hydrogens is 398 g/mol. The Balaban J connectivity index is 2.31. The van der Waals surface area contributed by atoms with Gasteiger partial charge in [-0.1, -0.05) is 46.4 Å². The fourth-order valence-corrected chi connectivity index (χ4v) is 2.70. The van der Waals surface area contributed by atoms with Crippen LogP contribution in [0.15, 0.2) is 24.3 Å². The van der Waals surface area contributed by atoms with E-state index in [2.05, 4.69) is 10.3 Å². The lowest BCUT2D eigenvalue weighted by atomic mass is 10.2.